The number of carbonyl (C=O) groups excluding carboxylic acids is 1. The highest BCUT2D eigenvalue weighted by Crippen LogP contribution is 2.33. The first kappa shape index (κ1) is 13.4. The highest BCUT2D eigenvalue weighted by molar-refractivity contribution is 5.85. The van der Waals surface area contributed by atoms with Gasteiger partial charge in [-0.2, -0.15) is 0 Å². The van der Waals surface area contributed by atoms with Crippen molar-refractivity contribution in [2.75, 3.05) is 13.2 Å². The minimum atomic E-state index is -0.180. The van der Waals surface area contributed by atoms with E-state index in [1.165, 1.54) is 0 Å². The van der Waals surface area contributed by atoms with E-state index in [0.717, 1.165) is 37.0 Å². The minimum Gasteiger partial charge on any atom is -0.492 e. The number of nitrogens with one attached hydrogen (secondary N) is 1. The van der Waals surface area contributed by atoms with Crippen LogP contribution in [0.4, 0.5) is 0 Å². The molecule has 108 valence electrons. The molecule has 1 atom stereocenters. The summed E-state index contributed by atoms with van der Waals surface area (Å²) in [5, 5.41) is 12.5. The highest BCUT2D eigenvalue weighted by atomic mass is 16.5. The number of rotatable bonds is 3. The molecule has 0 saturated heterocycles. The Hall–Kier alpha value is -1.55. The molecule has 2 aliphatic rings. The summed E-state index contributed by atoms with van der Waals surface area (Å²) in [7, 11) is 0. The van der Waals surface area contributed by atoms with Gasteiger partial charge in [-0.3, -0.25) is 4.79 Å². The zero-order valence-electron chi connectivity index (χ0n) is 11.5. The first-order chi connectivity index (χ1) is 9.74. The molecule has 2 N–H and O–H groups in total. The SMILES string of the molecule is O=C(NCC1CCC(O)CC1)C1COc2ccccc21. The molecule has 1 aliphatic carbocycles. The van der Waals surface area contributed by atoms with E-state index in [4.69, 9.17) is 4.74 Å². The second-order valence-corrected chi connectivity index (χ2v) is 5.82. The second kappa shape index (κ2) is 5.83. The lowest BCUT2D eigenvalue weighted by molar-refractivity contribution is -0.123. The van der Waals surface area contributed by atoms with E-state index in [-0.39, 0.29) is 17.9 Å². The van der Waals surface area contributed by atoms with Crippen LogP contribution in [0.3, 0.4) is 0 Å². The van der Waals surface area contributed by atoms with Crippen molar-refractivity contribution in [2.24, 2.45) is 5.92 Å². The van der Waals surface area contributed by atoms with Crippen molar-refractivity contribution in [2.45, 2.75) is 37.7 Å². The molecule has 1 aromatic rings. The summed E-state index contributed by atoms with van der Waals surface area (Å²) in [4.78, 5) is 12.3. The van der Waals surface area contributed by atoms with Crippen LogP contribution in [0.2, 0.25) is 0 Å². The fourth-order valence-electron chi connectivity index (χ4n) is 3.10. The van der Waals surface area contributed by atoms with Gasteiger partial charge in [0.25, 0.3) is 0 Å². The average molecular weight is 275 g/mol. The van der Waals surface area contributed by atoms with Crippen LogP contribution in [0.1, 0.15) is 37.2 Å². The lowest BCUT2D eigenvalue weighted by atomic mass is 9.87. The maximum Gasteiger partial charge on any atom is 0.231 e. The van der Waals surface area contributed by atoms with Crippen LogP contribution >= 0.6 is 0 Å². The van der Waals surface area contributed by atoms with Crippen LogP contribution < -0.4 is 10.1 Å². The lowest BCUT2D eigenvalue weighted by Gasteiger charge is -2.25. The standard InChI is InChI=1S/C16H21NO3/c18-12-7-5-11(6-8-12)9-17-16(19)14-10-20-15-4-2-1-3-13(14)15/h1-4,11-12,14,18H,5-10H2,(H,17,19). The Morgan fingerprint density at radius 2 is 2.00 bits per heavy atom. The number of aliphatic hydroxyl groups excluding tert-OH is 1. The third-order valence-electron chi connectivity index (χ3n) is 4.40. The van der Waals surface area contributed by atoms with Crippen LogP contribution in [-0.4, -0.2) is 30.3 Å². The smallest absolute Gasteiger partial charge is 0.231 e. The highest BCUT2D eigenvalue weighted by Gasteiger charge is 2.30. The van der Waals surface area contributed by atoms with E-state index in [1.807, 2.05) is 24.3 Å². The summed E-state index contributed by atoms with van der Waals surface area (Å²) in [6, 6.07) is 7.73. The monoisotopic (exact) mass is 275 g/mol. The third-order valence-corrected chi connectivity index (χ3v) is 4.40. The number of aliphatic hydroxyl groups is 1. The maximum absolute atomic E-state index is 12.3. The Kier molecular flexibility index (Phi) is 3.92. The molecule has 20 heavy (non-hydrogen) atoms. The molecule has 1 saturated carbocycles. The number of amides is 1. The zero-order chi connectivity index (χ0) is 13.9. The number of ether oxygens (including phenoxy) is 1. The molecule has 4 nitrogen and oxygen atoms in total. The second-order valence-electron chi connectivity index (χ2n) is 5.82. The molecule has 1 fully saturated rings. The molecule has 1 unspecified atom stereocenters. The molecule has 1 aromatic carbocycles. The molecule has 1 heterocycles. The van der Waals surface area contributed by atoms with Crippen molar-refractivity contribution >= 4 is 5.91 Å². The fourth-order valence-corrected chi connectivity index (χ4v) is 3.10. The Morgan fingerprint density at radius 1 is 1.25 bits per heavy atom. The summed E-state index contributed by atoms with van der Waals surface area (Å²) in [5.74, 6) is 1.20. The molecule has 4 heteroatoms. The van der Waals surface area contributed by atoms with Gasteiger partial charge in [0.2, 0.25) is 5.91 Å². The van der Waals surface area contributed by atoms with E-state index < -0.39 is 0 Å². The molecule has 1 aliphatic heterocycles. The minimum absolute atomic E-state index is 0.0565. The molecule has 0 bridgehead atoms. The Bertz CT molecular complexity index is 480. The van der Waals surface area contributed by atoms with Crippen molar-refractivity contribution in [3.05, 3.63) is 29.8 Å². The van der Waals surface area contributed by atoms with E-state index in [1.54, 1.807) is 0 Å². The van der Waals surface area contributed by atoms with Gasteiger partial charge >= 0.3 is 0 Å². The van der Waals surface area contributed by atoms with Gasteiger partial charge in [0.05, 0.1) is 6.10 Å². The Morgan fingerprint density at radius 3 is 2.80 bits per heavy atom. The predicted octanol–water partition coefficient (Wildman–Crippen LogP) is 1.83. The molecular formula is C16H21NO3. The Balaban J connectivity index is 1.53. The van der Waals surface area contributed by atoms with Gasteiger partial charge in [0, 0.05) is 12.1 Å². The van der Waals surface area contributed by atoms with Crippen LogP contribution in [0.15, 0.2) is 24.3 Å². The van der Waals surface area contributed by atoms with Crippen molar-refractivity contribution in [3.63, 3.8) is 0 Å². The van der Waals surface area contributed by atoms with E-state index in [0.29, 0.717) is 19.1 Å². The van der Waals surface area contributed by atoms with Crippen molar-refractivity contribution < 1.29 is 14.6 Å². The summed E-state index contributed by atoms with van der Waals surface area (Å²) < 4.78 is 5.54. The van der Waals surface area contributed by atoms with Crippen molar-refractivity contribution in [3.8, 4) is 5.75 Å². The van der Waals surface area contributed by atoms with Gasteiger partial charge in [0.15, 0.2) is 0 Å². The van der Waals surface area contributed by atoms with Crippen LogP contribution in [0.25, 0.3) is 0 Å². The number of hydrogen-bond donors (Lipinski definition) is 2. The summed E-state index contributed by atoms with van der Waals surface area (Å²) in [6.45, 7) is 1.15. The van der Waals surface area contributed by atoms with Gasteiger partial charge in [0.1, 0.15) is 18.3 Å². The predicted molar refractivity (Wildman–Crippen MR) is 75.7 cm³/mol. The third kappa shape index (κ3) is 2.80. The number of carbonyl (C=O) groups is 1. The number of benzene rings is 1. The number of para-hydroxylation sites is 1. The Labute approximate surface area is 119 Å². The zero-order valence-corrected chi connectivity index (χ0v) is 11.5. The molecule has 0 radical (unpaired) electrons. The van der Waals surface area contributed by atoms with E-state index >= 15 is 0 Å². The van der Waals surface area contributed by atoms with Gasteiger partial charge in [-0.1, -0.05) is 18.2 Å². The summed E-state index contributed by atoms with van der Waals surface area (Å²) in [6.07, 6.45) is 3.57. The number of fused-ring (bicyclic) bond motifs is 1. The van der Waals surface area contributed by atoms with Gasteiger partial charge in [-0.25, -0.2) is 0 Å². The quantitative estimate of drug-likeness (QED) is 0.885. The largest absolute Gasteiger partial charge is 0.492 e. The first-order valence-electron chi connectivity index (χ1n) is 7.41. The van der Waals surface area contributed by atoms with Gasteiger partial charge in [-0.05, 0) is 37.7 Å². The first-order valence-corrected chi connectivity index (χ1v) is 7.41. The molecular weight excluding hydrogens is 254 g/mol. The van der Waals surface area contributed by atoms with Crippen LogP contribution in [0, 0.1) is 5.92 Å². The van der Waals surface area contributed by atoms with Crippen molar-refractivity contribution in [1.29, 1.82) is 0 Å². The van der Waals surface area contributed by atoms with Crippen LogP contribution in [0.5, 0.6) is 5.75 Å². The summed E-state index contributed by atoms with van der Waals surface area (Å²) >= 11 is 0. The summed E-state index contributed by atoms with van der Waals surface area (Å²) in [5.41, 5.74) is 0.990. The average Bonchev–Trinajstić information content (AvgIpc) is 2.90. The van der Waals surface area contributed by atoms with Crippen LogP contribution in [-0.2, 0) is 4.79 Å². The fraction of sp³-hybridized carbons (Fsp3) is 0.562. The van der Waals surface area contributed by atoms with Gasteiger partial charge in [-0.15, -0.1) is 0 Å². The number of hydrogen-bond acceptors (Lipinski definition) is 3. The van der Waals surface area contributed by atoms with Crippen molar-refractivity contribution in [1.82, 2.24) is 5.32 Å². The maximum atomic E-state index is 12.3. The topological polar surface area (TPSA) is 58.6 Å². The molecule has 0 aromatic heterocycles. The normalized spacial score (nSPS) is 28.6. The van der Waals surface area contributed by atoms with E-state index in [9.17, 15) is 9.90 Å². The molecule has 3 rings (SSSR count). The van der Waals surface area contributed by atoms with Gasteiger partial charge < -0.3 is 15.2 Å². The molecule has 1 amide bonds. The lowest BCUT2D eigenvalue weighted by Crippen LogP contribution is -2.35. The molecule has 0 spiro atoms. The van der Waals surface area contributed by atoms with E-state index in [2.05, 4.69) is 5.32 Å².